The Kier molecular flexibility index (Phi) is 5.26. The molecular formula is C14H20N2O5. The molecule has 2 unspecified atom stereocenters. The molecule has 0 saturated carbocycles. The lowest BCUT2D eigenvalue weighted by Crippen LogP contribution is -2.50. The number of nitro groups is 1. The molecule has 0 heterocycles. The van der Waals surface area contributed by atoms with Gasteiger partial charge in [0.1, 0.15) is 11.3 Å². The first kappa shape index (κ1) is 16.9. The van der Waals surface area contributed by atoms with E-state index in [2.05, 4.69) is 5.32 Å². The average Bonchev–Trinajstić information content (AvgIpc) is 2.40. The molecule has 7 heteroatoms. The Morgan fingerprint density at radius 1 is 1.57 bits per heavy atom. The van der Waals surface area contributed by atoms with Gasteiger partial charge in [-0.25, -0.2) is 0 Å². The second-order valence-corrected chi connectivity index (χ2v) is 5.23. The molecule has 0 fully saturated rings. The van der Waals surface area contributed by atoms with Crippen LogP contribution in [-0.2, 0) is 4.79 Å². The molecule has 0 spiro atoms. The van der Waals surface area contributed by atoms with Crippen LogP contribution in [0.2, 0.25) is 0 Å². The van der Waals surface area contributed by atoms with Crippen LogP contribution in [0.25, 0.3) is 0 Å². The van der Waals surface area contributed by atoms with Gasteiger partial charge in [-0.05, 0) is 39.4 Å². The molecule has 7 nitrogen and oxygen atoms in total. The molecule has 0 aliphatic heterocycles. The summed E-state index contributed by atoms with van der Waals surface area (Å²) in [5, 5.41) is 22.7. The van der Waals surface area contributed by atoms with Gasteiger partial charge in [0, 0.05) is 18.6 Å². The van der Waals surface area contributed by atoms with Crippen molar-refractivity contribution in [3.05, 3.63) is 33.9 Å². The number of hydrogen-bond acceptors (Lipinski definition) is 5. The largest absolute Gasteiger partial charge is 0.490 e. The third-order valence-electron chi connectivity index (χ3n) is 3.42. The fraction of sp³-hybridized carbons (Fsp3) is 0.500. The predicted octanol–water partition coefficient (Wildman–Crippen LogP) is 2.12. The topological polar surface area (TPSA) is 102 Å². The molecular weight excluding hydrogens is 276 g/mol. The summed E-state index contributed by atoms with van der Waals surface area (Å²) in [6.07, 6.45) is -0.103. The number of carbonyl (C=O) groups is 1. The SMILES string of the molecule is CNC(C)(CC(C)Oc1ccc([N+](=O)[O-])cc1C)C(=O)O. The summed E-state index contributed by atoms with van der Waals surface area (Å²) in [5.74, 6) is -0.446. The summed E-state index contributed by atoms with van der Waals surface area (Å²) in [4.78, 5) is 21.4. The van der Waals surface area contributed by atoms with Crippen molar-refractivity contribution >= 4 is 11.7 Å². The van der Waals surface area contributed by atoms with E-state index in [1.807, 2.05) is 0 Å². The quantitative estimate of drug-likeness (QED) is 0.590. The van der Waals surface area contributed by atoms with E-state index in [1.54, 1.807) is 27.8 Å². The molecule has 1 aromatic rings. The Hall–Kier alpha value is -2.15. The summed E-state index contributed by atoms with van der Waals surface area (Å²) in [6, 6.07) is 4.32. The fourth-order valence-corrected chi connectivity index (χ4v) is 2.01. The van der Waals surface area contributed by atoms with Gasteiger partial charge in [0.15, 0.2) is 0 Å². The van der Waals surface area contributed by atoms with Crippen molar-refractivity contribution in [1.82, 2.24) is 5.32 Å². The number of hydrogen-bond donors (Lipinski definition) is 2. The van der Waals surface area contributed by atoms with Crippen molar-refractivity contribution in [2.24, 2.45) is 0 Å². The number of ether oxygens (including phenoxy) is 1. The van der Waals surface area contributed by atoms with Crippen LogP contribution in [0, 0.1) is 17.0 Å². The van der Waals surface area contributed by atoms with E-state index in [9.17, 15) is 20.0 Å². The highest BCUT2D eigenvalue weighted by molar-refractivity contribution is 5.78. The minimum absolute atomic E-state index is 0.00176. The fourth-order valence-electron chi connectivity index (χ4n) is 2.01. The number of carboxylic acids is 1. The molecule has 2 N–H and O–H groups in total. The van der Waals surface area contributed by atoms with Crippen LogP contribution < -0.4 is 10.1 Å². The lowest BCUT2D eigenvalue weighted by atomic mass is 9.95. The number of nitrogens with one attached hydrogen (secondary N) is 1. The number of rotatable bonds is 7. The Labute approximate surface area is 123 Å². The highest BCUT2D eigenvalue weighted by atomic mass is 16.6. The first-order valence-electron chi connectivity index (χ1n) is 6.53. The zero-order valence-corrected chi connectivity index (χ0v) is 12.5. The van der Waals surface area contributed by atoms with E-state index in [4.69, 9.17) is 4.74 Å². The second-order valence-electron chi connectivity index (χ2n) is 5.23. The predicted molar refractivity (Wildman–Crippen MR) is 77.6 cm³/mol. The van der Waals surface area contributed by atoms with Crippen LogP contribution in [0.15, 0.2) is 18.2 Å². The van der Waals surface area contributed by atoms with E-state index in [0.29, 0.717) is 11.3 Å². The van der Waals surface area contributed by atoms with Crippen LogP contribution in [0.1, 0.15) is 25.8 Å². The van der Waals surface area contributed by atoms with Gasteiger partial charge in [0.05, 0.1) is 11.0 Å². The van der Waals surface area contributed by atoms with E-state index in [-0.39, 0.29) is 18.2 Å². The second kappa shape index (κ2) is 6.53. The molecule has 0 aliphatic rings. The molecule has 2 atom stereocenters. The van der Waals surface area contributed by atoms with Crippen LogP contribution in [0.5, 0.6) is 5.75 Å². The monoisotopic (exact) mass is 296 g/mol. The van der Waals surface area contributed by atoms with Crippen molar-refractivity contribution in [3.8, 4) is 5.75 Å². The highest BCUT2D eigenvalue weighted by Gasteiger charge is 2.33. The maximum absolute atomic E-state index is 11.2. The number of carboxylic acid groups (broad SMARTS) is 1. The number of non-ortho nitro benzene ring substituents is 1. The summed E-state index contributed by atoms with van der Waals surface area (Å²) >= 11 is 0. The van der Waals surface area contributed by atoms with Crippen molar-refractivity contribution < 1.29 is 19.6 Å². The van der Waals surface area contributed by atoms with Gasteiger partial charge in [-0.1, -0.05) is 0 Å². The van der Waals surface area contributed by atoms with E-state index >= 15 is 0 Å². The van der Waals surface area contributed by atoms with Gasteiger partial charge in [0.2, 0.25) is 0 Å². The van der Waals surface area contributed by atoms with Gasteiger partial charge in [-0.2, -0.15) is 0 Å². The lowest BCUT2D eigenvalue weighted by molar-refractivity contribution is -0.384. The normalized spacial score (nSPS) is 15.0. The van der Waals surface area contributed by atoms with Crippen molar-refractivity contribution in [2.45, 2.75) is 38.8 Å². The maximum Gasteiger partial charge on any atom is 0.323 e. The summed E-state index contributed by atoms with van der Waals surface area (Å²) in [5.41, 5.74) is -0.454. The number of benzene rings is 1. The molecule has 0 aromatic heterocycles. The number of nitro benzene ring substituents is 1. The zero-order valence-electron chi connectivity index (χ0n) is 12.5. The molecule has 21 heavy (non-hydrogen) atoms. The summed E-state index contributed by atoms with van der Waals surface area (Å²) in [7, 11) is 1.58. The average molecular weight is 296 g/mol. The minimum Gasteiger partial charge on any atom is -0.490 e. The third kappa shape index (κ3) is 4.16. The Morgan fingerprint density at radius 2 is 2.19 bits per heavy atom. The van der Waals surface area contributed by atoms with Gasteiger partial charge >= 0.3 is 5.97 Å². The first-order valence-corrected chi connectivity index (χ1v) is 6.53. The molecule has 0 aliphatic carbocycles. The van der Waals surface area contributed by atoms with Gasteiger partial charge in [-0.15, -0.1) is 0 Å². The Bertz CT molecular complexity index is 546. The Morgan fingerprint density at radius 3 is 2.62 bits per heavy atom. The van der Waals surface area contributed by atoms with Crippen LogP contribution in [-0.4, -0.2) is 34.7 Å². The number of likely N-dealkylation sites (N-methyl/N-ethyl adjacent to an activating group) is 1. The van der Waals surface area contributed by atoms with E-state index in [1.165, 1.54) is 18.2 Å². The van der Waals surface area contributed by atoms with Crippen LogP contribution >= 0.6 is 0 Å². The lowest BCUT2D eigenvalue weighted by Gasteiger charge is -2.28. The standard InChI is InChI=1S/C14H20N2O5/c1-9-7-11(16(19)20)5-6-12(9)21-10(2)8-14(3,15-4)13(17)18/h5-7,10,15H,8H2,1-4H3,(H,17,18). The van der Waals surface area contributed by atoms with Gasteiger partial charge in [0.25, 0.3) is 5.69 Å². The number of aliphatic carboxylic acids is 1. The van der Waals surface area contributed by atoms with Crippen molar-refractivity contribution in [3.63, 3.8) is 0 Å². The molecule has 0 radical (unpaired) electrons. The Balaban J connectivity index is 2.82. The summed E-state index contributed by atoms with van der Waals surface area (Å²) < 4.78 is 5.70. The van der Waals surface area contributed by atoms with Crippen LogP contribution in [0.3, 0.4) is 0 Å². The first-order chi connectivity index (χ1) is 9.69. The van der Waals surface area contributed by atoms with Crippen molar-refractivity contribution in [2.75, 3.05) is 7.05 Å². The molecule has 0 amide bonds. The molecule has 1 rings (SSSR count). The molecule has 1 aromatic carbocycles. The van der Waals surface area contributed by atoms with E-state index in [0.717, 1.165) is 0 Å². The summed E-state index contributed by atoms with van der Waals surface area (Å²) in [6.45, 7) is 5.06. The van der Waals surface area contributed by atoms with Crippen LogP contribution in [0.4, 0.5) is 5.69 Å². The molecule has 116 valence electrons. The third-order valence-corrected chi connectivity index (χ3v) is 3.42. The highest BCUT2D eigenvalue weighted by Crippen LogP contribution is 2.25. The van der Waals surface area contributed by atoms with E-state index < -0.39 is 16.4 Å². The molecule has 0 saturated heterocycles. The minimum atomic E-state index is -1.09. The zero-order chi connectivity index (χ0) is 16.2. The van der Waals surface area contributed by atoms with Crippen molar-refractivity contribution in [1.29, 1.82) is 0 Å². The molecule has 0 bridgehead atoms. The smallest absolute Gasteiger partial charge is 0.323 e. The number of nitrogens with zero attached hydrogens (tertiary/aromatic N) is 1. The van der Waals surface area contributed by atoms with Gasteiger partial charge < -0.3 is 15.2 Å². The van der Waals surface area contributed by atoms with Gasteiger partial charge in [-0.3, -0.25) is 14.9 Å². The maximum atomic E-state index is 11.2. The number of aryl methyl sites for hydroxylation is 1.